The number of aliphatic imine (C=N–C) groups is 1. The first-order valence-corrected chi connectivity index (χ1v) is 13.5. The maximum Gasteiger partial charge on any atom is 0.234 e. The predicted molar refractivity (Wildman–Crippen MR) is 139 cm³/mol. The quantitative estimate of drug-likeness (QED) is 0.328. The van der Waals surface area contributed by atoms with Crippen LogP contribution in [0.2, 0.25) is 5.02 Å². The molecule has 11 heteroatoms. The molecule has 8 nitrogen and oxygen atoms in total. The number of anilines is 1. The second kappa shape index (κ2) is 10.5. The van der Waals surface area contributed by atoms with Gasteiger partial charge in [0.05, 0.1) is 28.9 Å². The van der Waals surface area contributed by atoms with Crippen LogP contribution < -0.4 is 14.2 Å². The Bertz CT molecular complexity index is 1430. The highest BCUT2D eigenvalue weighted by molar-refractivity contribution is 8.00. The molecule has 2 heterocycles. The van der Waals surface area contributed by atoms with E-state index in [1.165, 1.54) is 6.26 Å². The van der Waals surface area contributed by atoms with Crippen molar-refractivity contribution in [3.63, 3.8) is 0 Å². The minimum atomic E-state index is -2.47. The summed E-state index contributed by atoms with van der Waals surface area (Å²) in [6.07, 6.45) is 3.03. The summed E-state index contributed by atoms with van der Waals surface area (Å²) in [7, 11) is -2.47. The molecule has 1 aliphatic rings. The van der Waals surface area contributed by atoms with Crippen LogP contribution in [0.15, 0.2) is 47.6 Å². The molecule has 3 aromatic rings. The summed E-state index contributed by atoms with van der Waals surface area (Å²) in [5, 5.41) is 10.0. The van der Waals surface area contributed by atoms with Crippen molar-refractivity contribution < 1.29 is 13.7 Å². The molecular weight excluding hydrogens is 509 g/mol. The number of nitrogens with one attached hydrogen (secondary N) is 1. The zero-order valence-electron chi connectivity index (χ0n) is 18.8. The first-order valence-electron chi connectivity index (χ1n) is 10.4. The van der Waals surface area contributed by atoms with Gasteiger partial charge in [-0.05, 0) is 42.3 Å². The molecule has 1 unspecified atom stereocenters. The van der Waals surface area contributed by atoms with E-state index in [4.69, 9.17) is 32.7 Å². The summed E-state index contributed by atoms with van der Waals surface area (Å²) in [6, 6.07) is 13.1. The molecule has 0 spiro atoms. The minimum Gasteiger partial charge on any atom is -0.489 e. The van der Waals surface area contributed by atoms with E-state index in [-0.39, 0.29) is 19.2 Å². The molecule has 0 bridgehead atoms. The lowest BCUT2D eigenvalue weighted by molar-refractivity contribution is 0.301. The average molecular weight is 530 g/mol. The van der Waals surface area contributed by atoms with Crippen molar-refractivity contribution in [3.05, 3.63) is 75.6 Å². The van der Waals surface area contributed by atoms with E-state index in [0.717, 1.165) is 22.4 Å². The van der Waals surface area contributed by atoms with Crippen molar-refractivity contribution >= 4 is 50.4 Å². The molecule has 4 rings (SSSR count). The van der Waals surface area contributed by atoms with Gasteiger partial charge in [-0.2, -0.15) is 5.26 Å². The number of fused-ring (bicyclic) bond motifs is 1. The molecule has 35 heavy (non-hydrogen) atoms. The van der Waals surface area contributed by atoms with E-state index < -0.39 is 9.71 Å². The van der Waals surface area contributed by atoms with Crippen molar-refractivity contribution in [3.8, 4) is 17.6 Å². The summed E-state index contributed by atoms with van der Waals surface area (Å²) in [5.41, 5.74) is 4.20. The van der Waals surface area contributed by atoms with Gasteiger partial charge in [0.25, 0.3) is 0 Å². The minimum absolute atomic E-state index is 0.203. The van der Waals surface area contributed by atoms with Crippen LogP contribution in [-0.4, -0.2) is 44.5 Å². The maximum absolute atomic E-state index is 11.8. The molecule has 0 amide bonds. The molecule has 0 fully saturated rings. The molecule has 180 valence electrons. The number of nitrogens with zero attached hydrogens (tertiary/aromatic N) is 4. The molecule has 2 aromatic carbocycles. The number of aromatic nitrogens is 2. The number of halogens is 2. The van der Waals surface area contributed by atoms with Gasteiger partial charge >= 0.3 is 0 Å². The topological polar surface area (TPSA) is 109 Å². The van der Waals surface area contributed by atoms with Gasteiger partial charge in [0.2, 0.25) is 5.95 Å². The van der Waals surface area contributed by atoms with Crippen molar-refractivity contribution in [2.45, 2.75) is 13.2 Å². The fraction of sp³-hybridized carbons (Fsp3) is 0.208. The van der Waals surface area contributed by atoms with Crippen LogP contribution in [0.1, 0.15) is 27.9 Å². The molecule has 1 N–H and O–H groups in total. The van der Waals surface area contributed by atoms with E-state index in [9.17, 15) is 9.47 Å². The lowest BCUT2D eigenvalue weighted by Gasteiger charge is -2.13. The standard InChI is InChI=1S/C24H21Cl2N5O3S/c1-35(2,32)31-24-28-9-7-16(30-24)14-34-17-5-3-15(4-6-17)22-18-11-21(26)23(33-10-8-25)19(12-27)20(18)13-29-22/h3-7,9,11H,1,8,10,13-14H2,2H3,(H,28,30,31,32). The van der Waals surface area contributed by atoms with E-state index >= 15 is 0 Å². The Balaban J connectivity index is 1.49. The zero-order chi connectivity index (χ0) is 25.0. The van der Waals surface area contributed by atoms with Crippen molar-refractivity contribution in [2.75, 3.05) is 23.5 Å². The van der Waals surface area contributed by atoms with E-state index in [2.05, 4.69) is 31.6 Å². The molecule has 0 saturated heterocycles. The highest BCUT2D eigenvalue weighted by Crippen LogP contribution is 2.38. The Morgan fingerprint density at radius 3 is 2.71 bits per heavy atom. The molecule has 0 aliphatic carbocycles. The van der Waals surface area contributed by atoms with Crippen LogP contribution in [0.3, 0.4) is 0 Å². The monoisotopic (exact) mass is 529 g/mol. The molecular formula is C24H21Cl2N5O3S. The Morgan fingerprint density at radius 2 is 2.03 bits per heavy atom. The number of hydrogen-bond donors (Lipinski definition) is 1. The van der Waals surface area contributed by atoms with Crippen LogP contribution in [-0.2, 0) is 22.9 Å². The summed E-state index contributed by atoms with van der Waals surface area (Å²) < 4.78 is 25.9. The molecule has 1 aliphatic heterocycles. The summed E-state index contributed by atoms with van der Waals surface area (Å²) >= 11 is 12.1. The van der Waals surface area contributed by atoms with Gasteiger partial charge in [-0.15, -0.1) is 11.6 Å². The average Bonchev–Trinajstić information content (AvgIpc) is 3.24. The largest absolute Gasteiger partial charge is 0.489 e. The first-order chi connectivity index (χ1) is 16.8. The second-order valence-corrected chi connectivity index (χ2v) is 10.7. The lowest BCUT2D eigenvalue weighted by Crippen LogP contribution is -2.13. The van der Waals surface area contributed by atoms with Crippen LogP contribution in [0.25, 0.3) is 0 Å². The van der Waals surface area contributed by atoms with Gasteiger partial charge in [0, 0.05) is 38.9 Å². The second-order valence-electron chi connectivity index (χ2n) is 7.69. The summed E-state index contributed by atoms with van der Waals surface area (Å²) in [6.45, 7) is 0.821. The van der Waals surface area contributed by atoms with Crippen LogP contribution in [0, 0.1) is 11.3 Å². The van der Waals surface area contributed by atoms with Gasteiger partial charge in [-0.3, -0.25) is 9.71 Å². The zero-order valence-corrected chi connectivity index (χ0v) is 21.1. The van der Waals surface area contributed by atoms with Gasteiger partial charge in [-0.25, -0.2) is 14.2 Å². The van der Waals surface area contributed by atoms with Gasteiger partial charge in [0.15, 0.2) is 5.75 Å². The van der Waals surface area contributed by atoms with Crippen LogP contribution >= 0.6 is 23.2 Å². The van der Waals surface area contributed by atoms with E-state index in [1.54, 1.807) is 18.3 Å². The third-order valence-corrected chi connectivity index (χ3v) is 6.01. The maximum atomic E-state index is 11.8. The fourth-order valence-corrected chi connectivity index (χ4v) is 4.34. The number of hydrogen-bond acceptors (Lipinski definition) is 7. The third-order valence-electron chi connectivity index (χ3n) is 4.96. The highest BCUT2D eigenvalue weighted by Gasteiger charge is 2.25. The van der Waals surface area contributed by atoms with E-state index in [1.807, 2.05) is 24.3 Å². The third kappa shape index (κ3) is 5.85. The first kappa shape index (κ1) is 24.8. The Hall–Kier alpha value is -3.32. The Morgan fingerprint density at radius 1 is 1.26 bits per heavy atom. The smallest absolute Gasteiger partial charge is 0.234 e. The molecule has 1 atom stereocenters. The predicted octanol–water partition coefficient (Wildman–Crippen LogP) is 4.22. The SMILES string of the molecule is C=S(C)(=O)Nc1nccc(COc2ccc(C3=NCc4c3cc(Cl)c(OCCCl)c4C#N)cc2)n1. The number of ether oxygens (including phenoxy) is 2. The molecule has 1 aromatic heterocycles. The molecule has 0 radical (unpaired) electrons. The Labute approximate surface area is 213 Å². The normalized spacial score (nSPS) is 13.8. The van der Waals surface area contributed by atoms with Gasteiger partial charge in [0.1, 0.15) is 30.6 Å². The number of nitriles is 1. The van der Waals surface area contributed by atoms with Crippen molar-refractivity contribution in [1.29, 1.82) is 5.26 Å². The fourth-order valence-electron chi connectivity index (χ4n) is 3.52. The molecule has 0 saturated carbocycles. The Kier molecular flexibility index (Phi) is 7.45. The van der Waals surface area contributed by atoms with Gasteiger partial charge < -0.3 is 9.47 Å². The van der Waals surface area contributed by atoms with Crippen LogP contribution in [0.5, 0.6) is 11.5 Å². The number of benzene rings is 2. The van der Waals surface area contributed by atoms with Crippen molar-refractivity contribution in [2.24, 2.45) is 4.99 Å². The summed E-state index contributed by atoms with van der Waals surface area (Å²) in [4.78, 5) is 13.0. The van der Waals surface area contributed by atoms with Crippen LogP contribution in [0.4, 0.5) is 5.95 Å². The van der Waals surface area contributed by atoms with E-state index in [0.29, 0.717) is 40.2 Å². The number of rotatable bonds is 9. The van der Waals surface area contributed by atoms with Crippen molar-refractivity contribution in [1.82, 2.24) is 9.97 Å². The van der Waals surface area contributed by atoms with Gasteiger partial charge in [-0.1, -0.05) is 11.6 Å². The lowest BCUT2D eigenvalue weighted by atomic mass is 9.96. The highest BCUT2D eigenvalue weighted by atomic mass is 35.5. The summed E-state index contributed by atoms with van der Waals surface area (Å²) in [5.74, 6) is 5.04. The number of alkyl halides is 1.